The summed E-state index contributed by atoms with van der Waals surface area (Å²) in [6.45, 7) is 1.23. The molecule has 2 N–H and O–H groups in total. The number of nitrogens with zero attached hydrogens (tertiary/aromatic N) is 1. The van der Waals surface area contributed by atoms with Gasteiger partial charge in [-0.05, 0) is 37.0 Å². The fourth-order valence-corrected chi connectivity index (χ4v) is 2.77. The summed E-state index contributed by atoms with van der Waals surface area (Å²) in [6, 6.07) is 1.38. The highest BCUT2D eigenvalue weighted by Gasteiger charge is 2.47. The molecule has 1 amide bonds. The van der Waals surface area contributed by atoms with Crippen LogP contribution in [0.25, 0.3) is 0 Å². The van der Waals surface area contributed by atoms with Crippen LogP contribution in [0.4, 0.5) is 26.3 Å². The lowest BCUT2D eigenvalue weighted by Gasteiger charge is -2.29. The maximum absolute atomic E-state index is 13.7. The lowest BCUT2D eigenvalue weighted by molar-refractivity contribution is -0.161. The van der Waals surface area contributed by atoms with Crippen LogP contribution in [0.5, 0.6) is 0 Å². The molecule has 2 atom stereocenters. The number of nitrogens with one attached hydrogen (secondary N) is 2. The first-order valence-electron chi connectivity index (χ1n) is 9.11. The van der Waals surface area contributed by atoms with Gasteiger partial charge in [-0.15, -0.1) is 0 Å². The lowest BCUT2D eigenvalue weighted by atomic mass is 10.0. The van der Waals surface area contributed by atoms with Gasteiger partial charge in [-0.2, -0.15) is 18.4 Å². The minimum Gasteiger partial charge on any atom is -0.336 e. The van der Waals surface area contributed by atoms with E-state index < -0.39 is 60.7 Å². The van der Waals surface area contributed by atoms with Crippen molar-refractivity contribution in [3.8, 4) is 6.07 Å². The van der Waals surface area contributed by atoms with Crippen LogP contribution >= 0.6 is 0 Å². The molecule has 1 aliphatic rings. The second-order valence-electron chi connectivity index (χ2n) is 7.18. The quantitative estimate of drug-likeness (QED) is 0.582. The van der Waals surface area contributed by atoms with Crippen LogP contribution in [0, 0.1) is 17.1 Å². The van der Waals surface area contributed by atoms with Crippen molar-refractivity contribution in [1.82, 2.24) is 10.6 Å². The van der Waals surface area contributed by atoms with Gasteiger partial charge < -0.3 is 5.32 Å². The number of hydrogen-bond donors (Lipinski definition) is 2. The average Bonchev–Trinajstić information content (AvgIpc) is 3.41. The van der Waals surface area contributed by atoms with Gasteiger partial charge in [0.05, 0.1) is 12.1 Å². The molecule has 0 bridgehead atoms. The Balaban J connectivity index is 2.25. The van der Waals surface area contributed by atoms with Gasteiger partial charge in [-0.25, -0.2) is 13.2 Å². The minimum absolute atomic E-state index is 0.341. The zero-order valence-electron chi connectivity index (χ0n) is 15.6. The molecule has 0 heterocycles. The van der Waals surface area contributed by atoms with Crippen molar-refractivity contribution in [2.24, 2.45) is 0 Å². The van der Waals surface area contributed by atoms with Crippen LogP contribution in [0.2, 0.25) is 0 Å². The minimum atomic E-state index is -4.86. The van der Waals surface area contributed by atoms with Crippen molar-refractivity contribution in [1.29, 1.82) is 5.26 Å². The van der Waals surface area contributed by atoms with Crippen molar-refractivity contribution in [2.75, 3.05) is 0 Å². The third-order valence-corrected chi connectivity index (χ3v) is 4.86. The molecule has 29 heavy (non-hydrogen) atoms. The number of carbonyl (C=O) groups is 1. The number of rotatable bonds is 9. The van der Waals surface area contributed by atoms with Gasteiger partial charge in [0.15, 0.2) is 0 Å². The lowest BCUT2D eigenvalue weighted by Crippen LogP contribution is -2.52. The Hall–Kier alpha value is -2.28. The first-order valence-corrected chi connectivity index (χ1v) is 9.11. The number of hydrogen-bond acceptors (Lipinski definition) is 3. The Bertz CT molecular complexity index is 753. The number of nitriles is 1. The highest BCUT2D eigenvalue weighted by atomic mass is 19.4. The number of carbonyl (C=O) groups excluding carboxylic acids is 1. The van der Waals surface area contributed by atoms with Crippen LogP contribution in [-0.2, 0) is 4.79 Å². The standard InChI is InChI=1S/C19H21F6N3O/c1-2-18(21,22)8-7-14(16(29)28-17(11-26)9-10-17)27-15(19(23,24)25)12-3-5-13(20)6-4-12/h3-6,14-15,27H,2,7-10H2,1H3,(H,28,29)/t14?,15-/m0/s1. The molecule has 4 nitrogen and oxygen atoms in total. The zero-order valence-corrected chi connectivity index (χ0v) is 15.6. The van der Waals surface area contributed by atoms with E-state index in [2.05, 4.69) is 10.6 Å². The third kappa shape index (κ3) is 6.35. The highest BCUT2D eigenvalue weighted by Crippen LogP contribution is 2.36. The number of alkyl halides is 5. The Labute approximate surface area is 164 Å². The second kappa shape index (κ2) is 8.61. The molecule has 1 aromatic carbocycles. The van der Waals surface area contributed by atoms with E-state index in [1.54, 1.807) is 0 Å². The molecule has 0 aliphatic heterocycles. The maximum atomic E-state index is 13.7. The summed E-state index contributed by atoms with van der Waals surface area (Å²) in [4.78, 5) is 12.5. The SMILES string of the molecule is CCC(F)(F)CCC(N[C@@H](c1ccc(F)cc1)C(F)(F)F)C(=O)NC1(C#N)CC1. The Morgan fingerprint density at radius 2 is 1.79 bits per heavy atom. The molecule has 1 saturated carbocycles. The Morgan fingerprint density at radius 1 is 1.21 bits per heavy atom. The molecule has 2 rings (SSSR count). The van der Waals surface area contributed by atoms with Gasteiger partial charge in [0, 0.05) is 12.8 Å². The predicted octanol–water partition coefficient (Wildman–Crippen LogP) is 4.39. The normalized spacial score (nSPS) is 17.9. The molecular weight excluding hydrogens is 400 g/mol. The third-order valence-electron chi connectivity index (χ3n) is 4.86. The van der Waals surface area contributed by atoms with Crippen LogP contribution in [-0.4, -0.2) is 29.6 Å². The van der Waals surface area contributed by atoms with Crippen LogP contribution in [0.1, 0.15) is 50.6 Å². The number of amides is 1. The molecule has 1 aromatic rings. The first kappa shape index (κ1) is 23.0. The fraction of sp³-hybridized carbons (Fsp3) is 0.579. The fourth-order valence-electron chi connectivity index (χ4n) is 2.77. The summed E-state index contributed by atoms with van der Waals surface area (Å²) in [7, 11) is 0. The van der Waals surface area contributed by atoms with E-state index in [0.29, 0.717) is 12.8 Å². The van der Waals surface area contributed by atoms with E-state index in [1.807, 2.05) is 6.07 Å². The van der Waals surface area contributed by atoms with Gasteiger partial charge in [-0.3, -0.25) is 10.1 Å². The van der Waals surface area contributed by atoms with Gasteiger partial charge in [0.2, 0.25) is 11.8 Å². The van der Waals surface area contributed by atoms with Crippen LogP contribution in [0.15, 0.2) is 24.3 Å². The summed E-state index contributed by atoms with van der Waals surface area (Å²) in [5.74, 6) is -4.83. The second-order valence-corrected chi connectivity index (χ2v) is 7.18. The average molecular weight is 421 g/mol. The van der Waals surface area contributed by atoms with E-state index in [9.17, 15) is 31.1 Å². The van der Waals surface area contributed by atoms with Crippen LogP contribution < -0.4 is 10.6 Å². The molecule has 10 heteroatoms. The van der Waals surface area contributed by atoms with Gasteiger partial charge in [0.25, 0.3) is 0 Å². The monoisotopic (exact) mass is 421 g/mol. The van der Waals surface area contributed by atoms with Crippen molar-refractivity contribution in [3.05, 3.63) is 35.6 Å². The van der Waals surface area contributed by atoms with E-state index in [-0.39, 0.29) is 5.56 Å². The molecular formula is C19H21F6N3O. The van der Waals surface area contributed by atoms with E-state index >= 15 is 0 Å². The first-order chi connectivity index (χ1) is 13.4. The molecule has 0 saturated heterocycles. The molecule has 0 aromatic heterocycles. The maximum Gasteiger partial charge on any atom is 0.407 e. The molecule has 1 unspecified atom stereocenters. The summed E-state index contributed by atoms with van der Waals surface area (Å²) >= 11 is 0. The number of halogens is 6. The van der Waals surface area contributed by atoms with Crippen molar-refractivity contribution in [2.45, 2.75) is 68.7 Å². The number of benzene rings is 1. The Kier molecular flexibility index (Phi) is 6.83. The molecule has 1 fully saturated rings. The van der Waals surface area contributed by atoms with Crippen molar-refractivity contribution >= 4 is 5.91 Å². The largest absolute Gasteiger partial charge is 0.407 e. The summed E-state index contributed by atoms with van der Waals surface area (Å²) in [5, 5.41) is 13.5. The summed E-state index contributed by atoms with van der Waals surface area (Å²) in [5.41, 5.74) is -1.52. The Morgan fingerprint density at radius 3 is 2.24 bits per heavy atom. The summed E-state index contributed by atoms with van der Waals surface area (Å²) in [6.07, 6.45) is -6.08. The molecule has 160 valence electrons. The highest BCUT2D eigenvalue weighted by molar-refractivity contribution is 5.83. The van der Waals surface area contributed by atoms with Gasteiger partial charge in [0.1, 0.15) is 17.4 Å². The van der Waals surface area contributed by atoms with Crippen LogP contribution in [0.3, 0.4) is 0 Å². The van der Waals surface area contributed by atoms with Gasteiger partial charge >= 0.3 is 6.18 Å². The van der Waals surface area contributed by atoms with Crippen molar-refractivity contribution < 1.29 is 31.1 Å². The molecule has 0 spiro atoms. The predicted molar refractivity (Wildman–Crippen MR) is 92.3 cm³/mol. The summed E-state index contributed by atoms with van der Waals surface area (Å²) < 4.78 is 81.2. The molecule has 0 radical (unpaired) electrons. The smallest absolute Gasteiger partial charge is 0.336 e. The van der Waals surface area contributed by atoms with Crippen molar-refractivity contribution in [3.63, 3.8) is 0 Å². The van der Waals surface area contributed by atoms with E-state index in [1.165, 1.54) is 6.92 Å². The van der Waals surface area contributed by atoms with E-state index in [4.69, 9.17) is 5.26 Å². The van der Waals surface area contributed by atoms with E-state index in [0.717, 1.165) is 24.3 Å². The molecule has 1 aliphatic carbocycles. The zero-order chi connectivity index (χ0) is 21.9. The topological polar surface area (TPSA) is 64.9 Å². The van der Waals surface area contributed by atoms with Gasteiger partial charge in [-0.1, -0.05) is 19.1 Å².